The van der Waals surface area contributed by atoms with Gasteiger partial charge in [-0.05, 0) is 29.3 Å². The Bertz CT molecular complexity index is 665. The van der Waals surface area contributed by atoms with Crippen molar-refractivity contribution in [1.29, 1.82) is 0 Å². The maximum Gasteiger partial charge on any atom is 0.358 e. The Labute approximate surface area is 130 Å². The van der Waals surface area contributed by atoms with Gasteiger partial charge in [-0.1, -0.05) is 23.7 Å². The molecule has 2 aromatic rings. The minimum Gasteiger partial charge on any atom is -0.464 e. The monoisotopic (exact) mass is 329 g/mol. The fourth-order valence-electron chi connectivity index (χ4n) is 1.56. The van der Waals surface area contributed by atoms with Gasteiger partial charge in [0.1, 0.15) is 10.8 Å². The molecule has 0 unspecified atom stereocenters. The molecule has 0 aliphatic rings. The fourth-order valence-corrected chi connectivity index (χ4v) is 1.95. The van der Waals surface area contributed by atoms with Gasteiger partial charge in [0.05, 0.1) is 7.11 Å². The lowest BCUT2D eigenvalue weighted by atomic mass is 10.2. The second-order valence-electron chi connectivity index (χ2n) is 3.98. The molecule has 110 valence electrons. The first-order valence-electron chi connectivity index (χ1n) is 5.81. The molecule has 0 aliphatic heterocycles. The van der Waals surface area contributed by atoms with E-state index in [0.717, 1.165) is 5.56 Å². The van der Waals surface area contributed by atoms with E-state index >= 15 is 0 Å². The average Bonchev–Trinajstić information content (AvgIpc) is 2.48. The molecule has 0 saturated heterocycles. The summed E-state index contributed by atoms with van der Waals surface area (Å²) in [7, 11) is 1.21. The van der Waals surface area contributed by atoms with Crippen molar-refractivity contribution in [2.45, 2.75) is 6.54 Å². The van der Waals surface area contributed by atoms with Crippen molar-refractivity contribution in [1.82, 2.24) is 9.97 Å². The van der Waals surface area contributed by atoms with Crippen LogP contribution in [0, 0.1) is 5.82 Å². The number of nitrogens with one attached hydrogen (secondary N) is 1. The summed E-state index contributed by atoms with van der Waals surface area (Å²) in [5.41, 5.74) is 0.683. The average molecular weight is 330 g/mol. The number of aromatic nitrogens is 2. The van der Waals surface area contributed by atoms with Gasteiger partial charge in [-0.15, -0.1) is 0 Å². The first-order chi connectivity index (χ1) is 10.0. The summed E-state index contributed by atoms with van der Waals surface area (Å²) in [6.07, 6.45) is 0. The Kier molecular flexibility index (Phi) is 4.93. The van der Waals surface area contributed by atoms with Gasteiger partial charge < -0.3 is 10.1 Å². The zero-order chi connectivity index (χ0) is 15.4. The Morgan fingerprint density at radius 1 is 1.29 bits per heavy atom. The SMILES string of the molecule is COC(=O)c1nc(Cl)nc(NCc2ccc(F)cc2)c1Cl. The predicted octanol–water partition coefficient (Wildman–Crippen LogP) is 3.32. The molecule has 8 heteroatoms. The van der Waals surface area contributed by atoms with Crippen LogP contribution in [0.15, 0.2) is 24.3 Å². The number of hydrogen-bond donors (Lipinski definition) is 1. The van der Waals surface area contributed by atoms with Crippen molar-refractivity contribution in [3.8, 4) is 0 Å². The summed E-state index contributed by atoms with van der Waals surface area (Å²) < 4.78 is 17.4. The lowest BCUT2D eigenvalue weighted by molar-refractivity contribution is 0.0594. The molecule has 0 aliphatic carbocycles. The molecule has 0 saturated carbocycles. The summed E-state index contributed by atoms with van der Waals surface area (Å²) in [5.74, 6) is -0.842. The maximum atomic E-state index is 12.8. The largest absolute Gasteiger partial charge is 0.464 e. The van der Waals surface area contributed by atoms with Crippen LogP contribution in [0.5, 0.6) is 0 Å². The van der Waals surface area contributed by atoms with E-state index in [1.165, 1.54) is 19.2 Å². The number of benzene rings is 1. The molecule has 1 aromatic heterocycles. The molecule has 0 radical (unpaired) electrons. The molecule has 2 rings (SSSR count). The van der Waals surface area contributed by atoms with Gasteiger partial charge in [-0.2, -0.15) is 4.98 Å². The quantitative estimate of drug-likeness (QED) is 0.688. The number of ether oxygens (including phenoxy) is 1. The van der Waals surface area contributed by atoms with Crippen LogP contribution in [0.2, 0.25) is 10.3 Å². The molecule has 0 fully saturated rings. The zero-order valence-corrected chi connectivity index (χ0v) is 12.4. The summed E-state index contributed by atoms with van der Waals surface area (Å²) in [5, 5.41) is 2.78. The van der Waals surface area contributed by atoms with E-state index in [1.807, 2.05) is 0 Å². The zero-order valence-electron chi connectivity index (χ0n) is 10.9. The molecular formula is C13H10Cl2FN3O2. The molecule has 0 atom stereocenters. The summed E-state index contributed by atoms with van der Waals surface area (Å²) >= 11 is 11.8. The smallest absolute Gasteiger partial charge is 0.358 e. The highest BCUT2D eigenvalue weighted by Crippen LogP contribution is 2.25. The number of rotatable bonds is 4. The van der Waals surface area contributed by atoms with Gasteiger partial charge in [0.25, 0.3) is 0 Å². The highest BCUT2D eigenvalue weighted by atomic mass is 35.5. The first kappa shape index (κ1) is 15.5. The van der Waals surface area contributed by atoms with E-state index in [4.69, 9.17) is 23.2 Å². The van der Waals surface area contributed by atoms with E-state index in [-0.39, 0.29) is 27.6 Å². The second kappa shape index (κ2) is 6.69. The van der Waals surface area contributed by atoms with Crippen LogP contribution in [-0.4, -0.2) is 23.0 Å². The van der Waals surface area contributed by atoms with E-state index in [9.17, 15) is 9.18 Å². The number of methoxy groups -OCH3 is 1. The molecule has 1 N–H and O–H groups in total. The van der Waals surface area contributed by atoms with Crippen molar-refractivity contribution in [3.63, 3.8) is 0 Å². The number of halogens is 3. The number of hydrogen-bond acceptors (Lipinski definition) is 5. The summed E-state index contributed by atoms with van der Waals surface area (Å²) in [4.78, 5) is 19.2. The lowest BCUT2D eigenvalue weighted by Crippen LogP contribution is -2.10. The number of carbonyl (C=O) groups excluding carboxylic acids is 1. The van der Waals surface area contributed by atoms with Crippen LogP contribution in [0.4, 0.5) is 10.2 Å². The van der Waals surface area contributed by atoms with Crippen LogP contribution >= 0.6 is 23.2 Å². The van der Waals surface area contributed by atoms with Crippen LogP contribution < -0.4 is 5.32 Å². The minimum atomic E-state index is -0.714. The van der Waals surface area contributed by atoms with Crippen molar-refractivity contribution in [3.05, 3.63) is 51.6 Å². The molecule has 5 nitrogen and oxygen atoms in total. The van der Waals surface area contributed by atoms with Gasteiger partial charge in [0.15, 0.2) is 11.5 Å². The molecule has 0 bridgehead atoms. The topological polar surface area (TPSA) is 64.1 Å². The van der Waals surface area contributed by atoms with Gasteiger partial charge in [0.2, 0.25) is 5.28 Å². The standard InChI is InChI=1S/C13H10Cl2FN3O2/c1-21-12(20)10-9(14)11(19-13(15)18-10)17-6-7-2-4-8(16)5-3-7/h2-5H,6H2,1H3,(H,17,18,19). The third-order valence-corrected chi connectivity index (χ3v) is 3.10. The maximum absolute atomic E-state index is 12.8. The number of esters is 1. The van der Waals surface area contributed by atoms with Gasteiger partial charge in [-0.25, -0.2) is 14.2 Å². The first-order valence-corrected chi connectivity index (χ1v) is 6.56. The number of anilines is 1. The van der Waals surface area contributed by atoms with Crippen LogP contribution in [0.1, 0.15) is 16.1 Å². The Morgan fingerprint density at radius 3 is 2.57 bits per heavy atom. The highest BCUT2D eigenvalue weighted by Gasteiger charge is 2.18. The van der Waals surface area contributed by atoms with Crippen molar-refractivity contribution in [2.24, 2.45) is 0 Å². The van der Waals surface area contributed by atoms with Crippen LogP contribution in [0.25, 0.3) is 0 Å². The second-order valence-corrected chi connectivity index (χ2v) is 4.69. The molecule has 0 amide bonds. The van der Waals surface area contributed by atoms with Crippen molar-refractivity contribution >= 4 is 35.0 Å². The molecule has 21 heavy (non-hydrogen) atoms. The van der Waals surface area contributed by atoms with E-state index in [2.05, 4.69) is 20.0 Å². The van der Waals surface area contributed by atoms with E-state index in [1.54, 1.807) is 12.1 Å². The predicted molar refractivity (Wildman–Crippen MR) is 77.1 cm³/mol. The fraction of sp³-hybridized carbons (Fsp3) is 0.154. The third-order valence-electron chi connectivity index (χ3n) is 2.58. The molecule has 1 aromatic carbocycles. The molecule has 0 spiro atoms. The van der Waals surface area contributed by atoms with Crippen LogP contribution in [-0.2, 0) is 11.3 Å². The molecule has 1 heterocycles. The van der Waals surface area contributed by atoms with Gasteiger partial charge in [-0.3, -0.25) is 0 Å². The van der Waals surface area contributed by atoms with Gasteiger partial charge in [0, 0.05) is 6.54 Å². The van der Waals surface area contributed by atoms with Crippen LogP contribution in [0.3, 0.4) is 0 Å². The normalized spacial score (nSPS) is 10.3. The molecular weight excluding hydrogens is 320 g/mol. The van der Waals surface area contributed by atoms with E-state index in [0.29, 0.717) is 6.54 Å². The Balaban J connectivity index is 2.21. The van der Waals surface area contributed by atoms with Crippen molar-refractivity contribution < 1.29 is 13.9 Å². The number of nitrogens with zero attached hydrogens (tertiary/aromatic N) is 2. The van der Waals surface area contributed by atoms with E-state index < -0.39 is 5.97 Å². The summed E-state index contributed by atoms with van der Waals surface area (Å²) in [6, 6.07) is 5.90. The highest BCUT2D eigenvalue weighted by molar-refractivity contribution is 6.36. The van der Waals surface area contributed by atoms with Gasteiger partial charge >= 0.3 is 5.97 Å². The third kappa shape index (κ3) is 3.80. The Morgan fingerprint density at radius 2 is 1.95 bits per heavy atom. The summed E-state index contributed by atoms with van der Waals surface area (Å²) in [6.45, 7) is 0.327. The minimum absolute atomic E-state index is 0.00774. The number of carbonyl (C=O) groups is 1. The Hall–Kier alpha value is -1.92. The lowest BCUT2D eigenvalue weighted by Gasteiger charge is -2.10. The van der Waals surface area contributed by atoms with Crippen molar-refractivity contribution in [2.75, 3.05) is 12.4 Å².